The van der Waals surface area contributed by atoms with Crippen molar-refractivity contribution in [3.8, 4) is 11.1 Å². The molecule has 0 atom stereocenters. The molecule has 3 aromatic rings. The molecule has 128 valence electrons. The van der Waals surface area contributed by atoms with Crippen molar-refractivity contribution in [1.29, 1.82) is 0 Å². The van der Waals surface area contributed by atoms with Gasteiger partial charge in [-0.15, -0.1) is 0 Å². The summed E-state index contributed by atoms with van der Waals surface area (Å²) in [5.74, 6) is -0.241. The molecule has 0 saturated heterocycles. The molecule has 0 saturated carbocycles. The number of nitro benzene ring substituents is 2. The molecule has 7 heteroatoms. The van der Waals surface area contributed by atoms with Gasteiger partial charge in [-0.3, -0.25) is 25.0 Å². The van der Waals surface area contributed by atoms with Crippen molar-refractivity contribution < 1.29 is 14.6 Å². The number of rotatable bonds is 5. The summed E-state index contributed by atoms with van der Waals surface area (Å²) in [7, 11) is 0. The molecule has 0 spiro atoms. The smallest absolute Gasteiger partial charge is 0.269 e. The first-order valence-corrected chi connectivity index (χ1v) is 7.60. The summed E-state index contributed by atoms with van der Waals surface area (Å²) in [5, 5.41) is 21.4. The first-order chi connectivity index (χ1) is 12.5. The number of hydrogen-bond acceptors (Lipinski definition) is 5. The number of non-ortho nitro benzene ring substituents is 2. The zero-order chi connectivity index (χ0) is 18.7. The normalized spacial score (nSPS) is 10.3. The van der Waals surface area contributed by atoms with Crippen LogP contribution in [0.15, 0.2) is 72.8 Å². The Morgan fingerprint density at radius 3 is 1.27 bits per heavy atom. The third-order valence-corrected chi connectivity index (χ3v) is 3.90. The minimum absolute atomic E-state index is 0.0127. The van der Waals surface area contributed by atoms with E-state index in [1.807, 2.05) is 0 Å². The van der Waals surface area contributed by atoms with E-state index in [4.69, 9.17) is 0 Å². The van der Waals surface area contributed by atoms with E-state index in [1.54, 1.807) is 36.4 Å². The molecule has 0 N–H and O–H groups in total. The molecule has 0 aromatic heterocycles. The van der Waals surface area contributed by atoms with Gasteiger partial charge in [-0.1, -0.05) is 24.3 Å². The van der Waals surface area contributed by atoms with Gasteiger partial charge in [-0.25, -0.2) is 0 Å². The third-order valence-electron chi connectivity index (χ3n) is 3.90. The highest BCUT2D eigenvalue weighted by Gasteiger charge is 2.12. The second-order valence-corrected chi connectivity index (χ2v) is 5.51. The Morgan fingerprint density at radius 2 is 0.885 bits per heavy atom. The second kappa shape index (κ2) is 6.94. The number of nitro groups is 2. The van der Waals surface area contributed by atoms with Crippen LogP contribution in [0.1, 0.15) is 15.9 Å². The summed E-state index contributed by atoms with van der Waals surface area (Å²) in [4.78, 5) is 32.8. The third kappa shape index (κ3) is 3.46. The second-order valence-electron chi connectivity index (χ2n) is 5.51. The van der Waals surface area contributed by atoms with Crippen LogP contribution < -0.4 is 0 Å². The molecule has 26 heavy (non-hydrogen) atoms. The molecule has 0 radical (unpaired) electrons. The molecule has 0 aliphatic carbocycles. The zero-order valence-corrected chi connectivity index (χ0v) is 13.4. The first-order valence-electron chi connectivity index (χ1n) is 7.60. The molecule has 3 aromatic carbocycles. The molecule has 7 nitrogen and oxygen atoms in total. The number of nitrogens with zero attached hydrogens (tertiary/aromatic N) is 2. The standard InChI is InChI=1S/C19H12N2O5/c22-19(16-7-11-18(12-8-16)21(25)26)15-3-1-13(2-4-15)14-5-9-17(10-6-14)20(23)24/h1-12H. The van der Waals surface area contributed by atoms with Crippen molar-refractivity contribution in [1.82, 2.24) is 0 Å². The summed E-state index contributed by atoms with van der Waals surface area (Å²) in [6, 6.07) is 18.4. The lowest BCUT2D eigenvalue weighted by Crippen LogP contribution is -2.01. The fourth-order valence-corrected chi connectivity index (χ4v) is 2.49. The van der Waals surface area contributed by atoms with Crippen molar-refractivity contribution in [2.24, 2.45) is 0 Å². The fourth-order valence-electron chi connectivity index (χ4n) is 2.49. The lowest BCUT2D eigenvalue weighted by Gasteiger charge is -2.05. The quantitative estimate of drug-likeness (QED) is 0.386. The van der Waals surface area contributed by atoms with E-state index >= 15 is 0 Å². The molecule has 0 bridgehead atoms. The highest BCUT2D eigenvalue weighted by molar-refractivity contribution is 6.09. The number of carbonyl (C=O) groups is 1. The molecule has 0 aliphatic rings. The van der Waals surface area contributed by atoms with E-state index in [2.05, 4.69) is 0 Å². The maximum absolute atomic E-state index is 12.5. The van der Waals surface area contributed by atoms with Gasteiger partial charge >= 0.3 is 0 Å². The number of ketones is 1. The molecule has 0 unspecified atom stereocenters. The van der Waals surface area contributed by atoms with Gasteiger partial charge in [0.2, 0.25) is 0 Å². The van der Waals surface area contributed by atoms with Gasteiger partial charge in [-0.05, 0) is 35.4 Å². The maximum atomic E-state index is 12.5. The average Bonchev–Trinajstić information content (AvgIpc) is 2.67. The largest absolute Gasteiger partial charge is 0.289 e. The van der Waals surface area contributed by atoms with Crippen molar-refractivity contribution in [3.05, 3.63) is 104 Å². The topological polar surface area (TPSA) is 103 Å². The van der Waals surface area contributed by atoms with Crippen LogP contribution in [0.25, 0.3) is 11.1 Å². The maximum Gasteiger partial charge on any atom is 0.269 e. The Labute approximate surface area is 147 Å². The molecule has 0 heterocycles. The van der Waals surface area contributed by atoms with Gasteiger partial charge in [0.15, 0.2) is 5.78 Å². The van der Waals surface area contributed by atoms with E-state index < -0.39 is 9.85 Å². The summed E-state index contributed by atoms with van der Waals surface area (Å²) in [5.41, 5.74) is 2.36. The van der Waals surface area contributed by atoms with Crippen molar-refractivity contribution in [3.63, 3.8) is 0 Å². The Morgan fingerprint density at radius 1 is 0.577 bits per heavy atom. The van der Waals surface area contributed by atoms with Gasteiger partial charge in [0.05, 0.1) is 9.85 Å². The van der Waals surface area contributed by atoms with Crippen LogP contribution in [0.4, 0.5) is 11.4 Å². The van der Waals surface area contributed by atoms with Crippen LogP contribution in [-0.4, -0.2) is 15.6 Å². The average molecular weight is 348 g/mol. The summed E-state index contributed by atoms with van der Waals surface area (Å²) >= 11 is 0. The SMILES string of the molecule is O=C(c1ccc(-c2ccc([N+](=O)[O-])cc2)cc1)c1ccc([N+](=O)[O-])cc1. The minimum Gasteiger partial charge on any atom is -0.289 e. The summed E-state index contributed by atoms with van der Waals surface area (Å²) < 4.78 is 0. The molecule has 0 aliphatic heterocycles. The van der Waals surface area contributed by atoms with E-state index in [1.165, 1.54) is 36.4 Å². The Hall–Kier alpha value is -3.87. The summed E-state index contributed by atoms with van der Waals surface area (Å²) in [6.45, 7) is 0. The van der Waals surface area contributed by atoms with E-state index in [0.29, 0.717) is 11.1 Å². The van der Waals surface area contributed by atoms with Crippen LogP contribution >= 0.6 is 0 Å². The predicted octanol–water partition coefficient (Wildman–Crippen LogP) is 4.40. The molecule has 0 amide bonds. The Kier molecular flexibility index (Phi) is 4.53. The van der Waals surface area contributed by atoms with Gasteiger partial charge in [0.25, 0.3) is 11.4 Å². The van der Waals surface area contributed by atoms with Crippen molar-refractivity contribution in [2.75, 3.05) is 0 Å². The van der Waals surface area contributed by atoms with E-state index in [0.717, 1.165) is 11.1 Å². The number of hydrogen-bond donors (Lipinski definition) is 0. The molecule has 0 fully saturated rings. The zero-order valence-electron chi connectivity index (χ0n) is 13.4. The van der Waals surface area contributed by atoms with Crippen LogP contribution in [0.3, 0.4) is 0 Å². The van der Waals surface area contributed by atoms with Crippen molar-refractivity contribution >= 4 is 17.2 Å². The van der Waals surface area contributed by atoms with Crippen LogP contribution in [-0.2, 0) is 0 Å². The lowest BCUT2D eigenvalue weighted by molar-refractivity contribution is -0.385. The van der Waals surface area contributed by atoms with Gasteiger partial charge < -0.3 is 0 Å². The number of carbonyl (C=O) groups excluding carboxylic acids is 1. The highest BCUT2D eigenvalue weighted by atomic mass is 16.6. The summed E-state index contributed by atoms with van der Waals surface area (Å²) in [6.07, 6.45) is 0. The van der Waals surface area contributed by atoms with Crippen LogP contribution in [0.5, 0.6) is 0 Å². The van der Waals surface area contributed by atoms with Gasteiger partial charge in [0.1, 0.15) is 0 Å². The highest BCUT2D eigenvalue weighted by Crippen LogP contribution is 2.23. The fraction of sp³-hybridized carbons (Fsp3) is 0. The van der Waals surface area contributed by atoms with Crippen LogP contribution in [0.2, 0.25) is 0 Å². The molecular formula is C19H12N2O5. The molecular weight excluding hydrogens is 336 g/mol. The van der Waals surface area contributed by atoms with Crippen molar-refractivity contribution in [2.45, 2.75) is 0 Å². The van der Waals surface area contributed by atoms with Gasteiger partial charge in [-0.2, -0.15) is 0 Å². The van der Waals surface area contributed by atoms with Gasteiger partial charge in [0, 0.05) is 35.4 Å². The first kappa shape index (κ1) is 17.0. The predicted molar refractivity (Wildman–Crippen MR) is 95.1 cm³/mol. The monoisotopic (exact) mass is 348 g/mol. The number of benzene rings is 3. The Bertz CT molecular complexity index is 978. The van der Waals surface area contributed by atoms with E-state index in [-0.39, 0.29) is 17.2 Å². The van der Waals surface area contributed by atoms with E-state index in [9.17, 15) is 25.0 Å². The minimum atomic E-state index is -0.521. The van der Waals surface area contributed by atoms with Crippen LogP contribution in [0, 0.1) is 20.2 Å². The molecule has 3 rings (SSSR count). The lowest BCUT2D eigenvalue weighted by atomic mass is 9.99. The Balaban J connectivity index is 1.81.